The molecule has 6 heteroatoms. The lowest BCUT2D eigenvalue weighted by atomic mass is 9.95. The van der Waals surface area contributed by atoms with Crippen molar-refractivity contribution < 1.29 is 0 Å². The normalized spacial score (nSPS) is 17.6. The highest BCUT2D eigenvalue weighted by Gasteiger charge is 2.24. The van der Waals surface area contributed by atoms with Gasteiger partial charge in [-0.1, -0.05) is 36.2 Å². The average Bonchev–Trinajstić information content (AvgIpc) is 2.72. The van der Waals surface area contributed by atoms with Crippen molar-refractivity contribution in [3.8, 4) is 0 Å². The minimum absolute atomic E-state index is 0.396. The summed E-state index contributed by atoms with van der Waals surface area (Å²) in [4.78, 5) is 15.4. The number of nitrogens with one attached hydrogen (secondary N) is 1. The Bertz CT molecular complexity index is 852. The first-order chi connectivity index (χ1) is 13.3. The molecule has 0 bridgehead atoms. The van der Waals surface area contributed by atoms with E-state index in [0.717, 1.165) is 30.4 Å². The van der Waals surface area contributed by atoms with E-state index in [0.29, 0.717) is 11.9 Å². The first-order valence-corrected chi connectivity index (χ1v) is 9.63. The van der Waals surface area contributed by atoms with Crippen LogP contribution in [0.4, 0.5) is 11.6 Å². The number of hydrogen-bond donors (Lipinski definition) is 1. The third-order valence-corrected chi connectivity index (χ3v) is 5.16. The molecule has 1 aliphatic heterocycles. The summed E-state index contributed by atoms with van der Waals surface area (Å²) in [7, 11) is 0. The number of nitrogens with zero attached hydrogens (tertiary/aromatic N) is 4. The number of anilines is 2. The van der Waals surface area contributed by atoms with E-state index in [1.807, 2.05) is 24.4 Å². The van der Waals surface area contributed by atoms with Gasteiger partial charge in [0.2, 0.25) is 0 Å². The summed E-state index contributed by atoms with van der Waals surface area (Å²) in [5.74, 6) is 1.47. The number of pyridine rings is 1. The molecule has 0 spiro atoms. The van der Waals surface area contributed by atoms with E-state index in [1.165, 1.54) is 24.0 Å². The van der Waals surface area contributed by atoms with Crippen molar-refractivity contribution in [3.05, 3.63) is 77.3 Å². The Labute approximate surface area is 164 Å². The Kier molecular flexibility index (Phi) is 5.61. The van der Waals surface area contributed by atoms with Crippen LogP contribution in [-0.4, -0.2) is 26.4 Å². The number of rotatable bonds is 5. The van der Waals surface area contributed by atoms with Gasteiger partial charge in [-0.2, -0.15) is 0 Å². The first kappa shape index (κ1) is 17.9. The molecule has 3 heterocycles. The Morgan fingerprint density at radius 1 is 0.963 bits per heavy atom. The molecule has 1 atom stereocenters. The fraction of sp³-hybridized carbons (Fsp3) is 0.286. The summed E-state index contributed by atoms with van der Waals surface area (Å²) in [6.07, 6.45) is 10.6. The first-order valence-electron chi connectivity index (χ1n) is 9.25. The maximum atomic E-state index is 6.02. The molecule has 4 rings (SSSR count). The molecule has 0 amide bonds. The van der Waals surface area contributed by atoms with E-state index in [-0.39, 0.29) is 0 Å². The minimum atomic E-state index is 0.396. The number of benzene rings is 1. The van der Waals surface area contributed by atoms with E-state index in [4.69, 9.17) is 11.6 Å². The summed E-state index contributed by atoms with van der Waals surface area (Å²) < 4.78 is 0. The van der Waals surface area contributed by atoms with Crippen molar-refractivity contribution in [3.63, 3.8) is 0 Å². The number of likely N-dealkylation sites (tertiary alicyclic amines) is 1. The number of hydrogen-bond acceptors (Lipinski definition) is 5. The molecule has 1 N–H and O–H groups in total. The van der Waals surface area contributed by atoms with Crippen LogP contribution in [0.5, 0.6) is 0 Å². The summed E-state index contributed by atoms with van der Waals surface area (Å²) in [6.45, 7) is 2.04. The van der Waals surface area contributed by atoms with E-state index < -0.39 is 0 Å². The molecular formula is C21H22ClN5. The number of piperidine rings is 1. The molecule has 2 aromatic heterocycles. The standard InChI is InChI=1S/C21H22ClN5/c22-18-7-4-16(5-8-18)15-27-12-2-1-3-19(27)17-6-9-20(25-13-17)26-21-14-23-10-11-24-21/h4-11,13-14,19H,1-3,12,15H2,(H,24,25,26)/t19-/m0/s1. The van der Waals surface area contributed by atoms with Crippen LogP contribution in [0, 0.1) is 0 Å². The van der Waals surface area contributed by atoms with Gasteiger partial charge in [0.15, 0.2) is 0 Å². The Morgan fingerprint density at radius 2 is 1.85 bits per heavy atom. The van der Waals surface area contributed by atoms with Crippen molar-refractivity contribution in [1.29, 1.82) is 0 Å². The van der Waals surface area contributed by atoms with Crippen LogP contribution in [-0.2, 0) is 6.54 Å². The van der Waals surface area contributed by atoms with Crippen LogP contribution in [0.2, 0.25) is 5.02 Å². The van der Waals surface area contributed by atoms with Crippen molar-refractivity contribution >= 4 is 23.2 Å². The summed E-state index contributed by atoms with van der Waals surface area (Å²) in [5.41, 5.74) is 2.55. The third-order valence-electron chi connectivity index (χ3n) is 4.90. The molecule has 0 saturated carbocycles. The predicted molar refractivity (Wildman–Crippen MR) is 108 cm³/mol. The fourth-order valence-electron chi connectivity index (χ4n) is 3.55. The molecule has 3 aromatic rings. The van der Waals surface area contributed by atoms with Crippen LogP contribution in [0.15, 0.2) is 61.2 Å². The summed E-state index contributed by atoms with van der Waals surface area (Å²) in [6, 6.07) is 12.7. The highest BCUT2D eigenvalue weighted by Crippen LogP contribution is 2.32. The van der Waals surface area contributed by atoms with Gasteiger partial charge in [-0.25, -0.2) is 9.97 Å². The smallest absolute Gasteiger partial charge is 0.150 e. The number of aromatic nitrogens is 3. The maximum Gasteiger partial charge on any atom is 0.150 e. The Hall–Kier alpha value is -2.50. The second kappa shape index (κ2) is 8.46. The van der Waals surface area contributed by atoms with Crippen molar-refractivity contribution in [1.82, 2.24) is 19.9 Å². The lowest BCUT2D eigenvalue weighted by molar-refractivity contribution is 0.140. The van der Waals surface area contributed by atoms with Crippen LogP contribution >= 0.6 is 11.6 Å². The minimum Gasteiger partial charge on any atom is -0.324 e. The van der Waals surface area contributed by atoms with Gasteiger partial charge >= 0.3 is 0 Å². The molecule has 27 heavy (non-hydrogen) atoms. The van der Waals surface area contributed by atoms with Crippen molar-refractivity contribution in [2.75, 3.05) is 11.9 Å². The Balaban J connectivity index is 1.47. The monoisotopic (exact) mass is 379 g/mol. The summed E-state index contributed by atoms with van der Waals surface area (Å²) >= 11 is 6.02. The molecule has 5 nitrogen and oxygen atoms in total. The Morgan fingerprint density at radius 3 is 2.59 bits per heavy atom. The quantitative estimate of drug-likeness (QED) is 0.676. The molecule has 1 saturated heterocycles. The SMILES string of the molecule is Clc1ccc(CN2CCCC[C@H]2c2ccc(Nc3cnccn3)nc2)cc1. The average molecular weight is 380 g/mol. The van der Waals surface area contributed by atoms with Crippen LogP contribution in [0.25, 0.3) is 0 Å². The van der Waals surface area contributed by atoms with Crippen LogP contribution < -0.4 is 5.32 Å². The zero-order valence-electron chi connectivity index (χ0n) is 15.1. The van der Waals surface area contributed by atoms with Gasteiger partial charge in [0.05, 0.1) is 6.20 Å². The van der Waals surface area contributed by atoms with Gasteiger partial charge < -0.3 is 5.32 Å². The molecular weight excluding hydrogens is 358 g/mol. The zero-order chi connectivity index (χ0) is 18.5. The third kappa shape index (κ3) is 4.62. The molecule has 0 aliphatic carbocycles. The van der Waals surface area contributed by atoms with E-state index in [9.17, 15) is 0 Å². The fourth-order valence-corrected chi connectivity index (χ4v) is 3.68. The topological polar surface area (TPSA) is 53.9 Å². The highest BCUT2D eigenvalue weighted by molar-refractivity contribution is 6.30. The van der Waals surface area contributed by atoms with E-state index in [1.54, 1.807) is 18.6 Å². The molecule has 1 aromatic carbocycles. The largest absolute Gasteiger partial charge is 0.324 e. The predicted octanol–water partition coefficient (Wildman–Crippen LogP) is 5.00. The van der Waals surface area contributed by atoms with Crippen molar-refractivity contribution in [2.24, 2.45) is 0 Å². The van der Waals surface area contributed by atoms with Gasteiger partial charge in [-0.3, -0.25) is 9.88 Å². The number of halogens is 1. The van der Waals surface area contributed by atoms with Gasteiger partial charge in [0.1, 0.15) is 11.6 Å². The van der Waals surface area contributed by atoms with Gasteiger partial charge in [0, 0.05) is 36.2 Å². The van der Waals surface area contributed by atoms with Crippen molar-refractivity contribution in [2.45, 2.75) is 31.8 Å². The highest BCUT2D eigenvalue weighted by atomic mass is 35.5. The van der Waals surface area contributed by atoms with E-state index >= 15 is 0 Å². The second-order valence-electron chi connectivity index (χ2n) is 6.80. The lowest BCUT2D eigenvalue weighted by Crippen LogP contribution is -2.33. The lowest BCUT2D eigenvalue weighted by Gasteiger charge is -2.36. The van der Waals surface area contributed by atoms with E-state index in [2.05, 4.69) is 43.4 Å². The van der Waals surface area contributed by atoms with Gasteiger partial charge in [0.25, 0.3) is 0 Å². The molecule has 1 aliphatic rings. The van der Waals surface area contributed by atoms with Crippen LogP contribution in [0.1, 0.15) is 36.4 Å². The van der Waals surface area contributed by atoms with Gasteiger partial charge in [-0.05, 0) is 48.7 Å². The molecule has 0 radical (unpaired) electrons. The van der Waals surface area contributed by atoms with Gasteiger partial charge in [-0.15, -0.1) is 0 Å². The molecule has 0 unspecified atom stereocenters. The zero-order valence-corrected chi connectivity index (χ0v) is 15.8. The maximum absolute atomic E-state index is 6.02. The molecule has 1 fully saturated rings. The molecule has 138 valence electrons. The summed E-state index contributed by atoms with van der Waals surface area (Å²) in [5, 5.41) is 3.96. The van der Waals surface area contributed by atoms with Crippen LogP contribution in [0.3, 0.4) is 0 Å². The second-order valence-corrected chi connectivity index (χ2v) is 7.24.